The molecule has 0 aromatic heterocycles. The highest BCUT2D eigenvalue weighted by atomic mass is 16.5. The molecule has 0 unspecified atom stereocenters. The van der Waals surface area contributed by atoms with Crippen LogP contribution in [0.3, 0.4) is 0 Å². The highest BCUT2D eigenvalue weighted by Crippen LogP contribution is 2.19. The van der Waals surface area contributed by atoms with Crippen molar-refractivity contribution in [1.82, 2.24) is 10.2 Å². The van der Waals surface area contributed by atoms with Crippen LogP contribution in [0.1, 0.15) is 48.5 Å². The second kappa shape index (κ2) is 9.20. The number of amides is 2. The van der Waals surface area contributed by atoms with Crippen molar-refractivity contribution in [2.24, 2.45) is 0 Å². The van der Waals surface area contributed by atoms with Crippen molar-refractivity contribution < 1.29 is 19.1 Å². The summed E-state index contributed by atoms with van der Waals surface area (Å²) in [5, 5.41) is 2.51. The Labute approximate surface area is 148 Å². The summed E-state index contributed by atoms with van der Waals surface area (Å²) in [5.74, 6) is -1.11. The summed E-state index contributed by atoms with van der Waals surface area (Å²) < 4.78 is 5.02. The Morgan fingerprint density at radius 3 is 2.80 bits per heavy atom. The minimum absolute atomic E-state index is 0.162. The molecule has 1 N–H and O–H groups in total. The van der Waals surface area contributed by atoms with E-state index in [4.69, 9.17) is 4.74 Å². The first-order valence-corrected chi connectivity index (χ1v) is 8.81. The Morgan fingerprint density at radius 1 is 1.28 bits per heavy atom. The van der Waals surface area contributed by atoms with Crippen LogP contribution in [0.2, 0.25) is 0 Å². The molecule has 1 aromatic rings. The standard InChI is InChI=1S/C19H26N2O4/c1-3-16-9-4-5-10-21(16)17(22)13-25-18(23)12-20-19(24)15-8-6-7-14(2)11-15/h6-8,11,16H,3-5,9-10,12-13H2,1-2H3,(H,20,24)/t16-/m1/s1. The second-order valence-corrected chi connectivity index (χ2v) is 6.36. The molecule has 2 amide bonds. The predicted molar refractivity (Wildman–Crippen MR) is 94.1 cm³/mol. The number of esters is 1. The van der Waals surface area contributed by atoms with E-state index >= 15 is 0 Å². The SMILES string of the molecule is CC[C@@H]1CCCCN1C(=O)COC(=O)CNC(=O)c1cccc(C)c1. The van der Waals surface area contributed by atoms with Gasteiger partial charge in [-0.3, -0.25) is 14.4 Å². The maximum atomic E-state index is 12.2. The number of ether oxygens (including phenoxy) is 1. The highest BCUT2D eigenvalue weighted by Gasteiger charge is 2.25. The molecule has 2 rings (SSSR count). The number of likely N-dealkylation sites (tertiary alicyclic amines) is 1. The average molecular weight is 346 g/mol. The normalized spacial score (nSPS) is 17.0. The second-order valence-electron chi connectivity index (χ2n) is 6.36. The first kappa shape index (κ1) is 19.0. The predicted octanol–water partition coefficient (Wildman–Crippen LogP) is 2.06. The fraction of sp³-hybridized carbons (Fsp3) is 0.526. The number of hydrogen-bond donors (Lipinski definition) is 1. The molecular formula is C19H26N2O4. The van der Waals surface area contributed by atoms with Gasteiger partial charge < -0.3 is 15.0 Å². The minimum atomic E-state index is -0.612. The van der Waals surface area contributed by atoms with E-state index in [0.717, 1.165) is 37.8 Å². The number of aryl methyl sites for hydroxylation is 1. The third-order valence-electron chi connectivity index (χ3n) is 4.45. The molecule has 25 heavy (non-hydrogen) atoms. The van der Waals surface area contributed by atoms with Gasteiger partial charge in [-0.2, -0.15) is 0 Å². The van der Waals surface area contributed by atoms with Gasteiger partial charge in [-0.15, -0.1) is 0 Å². The number of carbonyl (C=O) groups is 3. The highest BCUT2D eigenvalue weighted by molar-refractivity contribution is 5.96. The van der Waals surface area contributed by atoms with Gasteiger partial charge in [0.25, 0.3) is 11.8 Å². The van der Waals surface area contributed by atoms with Gasteiger partial charge in [0, 0.05) is 18.2 Å². The van der Waals surface area contributed by atoms with E-state index in [2.05, 4.69) is 12.2 Å². The first-order valence-electron chi connectivity index (χ1n) is 8.81. The van der Waals surface area contributed by atoms with Crippen molar-refractivity contribution >= 4 is 17.8 Å². The molecule has 1 aliphatic heterocycles. The van der Waals surface area contributed by atoms with Crippen LogP contribution in [0, 0.1) is 6.92 Å². The van der Waals surface area contributed by atoms with Gasteiger partial charge in [0.1, 0.15) is 6.54 Å². The van der Waals surface area contributed by atoms with Gasteiger partial charge in [0.2, 0.25) is 0 Å². The lowest BCUT2D eigenvalue weighted by molar-refractivity contribution is -0.152. The number of piperidine rings is 1. The minimum Gasteiger partial charge on any atom is -0.454 e. The number of carbonyl (C=O) groups excluding carboxylic acids is 3. The van der Waals surface area contributed by atoms with Gasteiger partial charge in [-0.05, 0) is 44.7 Å². The van der Waals surface area contributed by atoms with E-state index in [9.17, 15) is 14.4 Å². The van der Waals surface area contributed by atoms with Crippen molar-refractivity contribution in [3.63, 3.8) is 0 Å². The van der Waals surface area contributed by atoms with Crippen molar-refractivity contribution in [3.8, 4) is 0 Å². The molecular weight excluding hydrogens is 320 g/mol. The maximum Gasteiger partial charge on any atom is 0.325 e. The molecule has 6 heteroatoms. The molecule has 0 radical (unpaired) electrons. The molecule has 1 heterocycles. The topological polar surface area (TPSA) is 75.7 Å². The quantitative estimate of drug-likeness (QED) is 0.800. The van der Waals surface area contributed by atoms with Crippen LogP contribution in [-0.2, 0) is 14.3 Å². The van der Waals surface area contributed by atoms with Gasteiger partial charge >= 0.3 is 5.97 Å². The monoisotopic (exact) mass is 346 g/mol. The Hall–Kier alpha value is -2.37. The number of nitrogens with one attached hydrogen (secondary N) is 1. The summed E-state index contributed by atoms with van der Waals surface area (Å²) in [5.41, 5.74) is 1.45. The molecule has 1 aromatic carbocycles. The van der Waals surface area contributed by atoms with Crippen LogP contribution in [0.25, 0.3) is 0 Å². The molecule has 136 valence electrons. The molecule has 6 nitrogen and oxygen atoms in total. The molecule has 0 saturated carbocycles. The van der Waals surface area contributed by atoms with Crippen molar-refractivity contribution in [2.45, 2.75) is 45.6 Å². The van der Waals surface area contributed by atoms with Gasteiger partial charge in [0.15, 0.2) is 6.61 Å². The van der Waals surface area contributed by atoms with Crippen LogP contribution in [0.4, 0.5) is 0 Å². The fourth-order valence-corrected chi connectivity index (χ4v) is 3.07. The molecule has 1 fully saturated rings. The lowest BCUT2D eigenvalue weighted by Gasteiger charge is -2.35. The average Bonchev–Trinajstić information content (AvgIpc) is 2.64. The third kappa shape index (κ3) is 5.59. The van der Waals surface area contributed by atoms with Crippen molar-refractivity contribution in [1.29, 1.82) is 0 Å². The summed E-state index contributed by atoms with van der Waals surface area (Å²) >= 11 is 0. The van der Waals surface area contributed by atoms with Gasteiger partial charge in [-0.25, -0.2) is 0 Å². The number of rotatable bonds is 6. The maximum absolute atomic E-state index is 12.2. The van der Waals surface area contributed by atoms with E-state index in [1.807, 2.05) is 17.9 Å². The van der Waals surface area contributed by atoms with E-state index < -0.39 is 5.97 Å². The van der Waals surface area contributed by atoms with E-state index in [0.29, 0.717) is 5.56 Å². The molecule has 1 atom stereocenters. The smallest absolute Gasteiger partial charge is 0.325 e. The van der Waals surface area contributed by atoms with Crippen molar-refractivity contribution in [3.05, 3.63) is 35.4 Å². The van der Waals surface area contributed by atoms with Crippen LogP contribution in [0.5, 0.6) is 0 Å². The van der Waals surface area contributed by atoms with Crippen LogP contribution >= 0.6 is 0 Å². The first-order chi connectivity index (χ1) is 12.0. The molecule has 0 spiro atoms. The summed E-state index contributed by atoms with van der Waals surface area (Å²) in [6.07, 6.45) is 4.03. The van der Waals surface area contributed by atoms with Crippen LogP contribution in [-0.4, -0.2) is 48.4 Å². The Balaban J connectivity index is 1.75. The lowest BCUT2D eigenvalue weighted by atomic mass is 10.00. The van der Waals surface area contributed by atoms with E-state index in [1.54, 1.807) is 18.2 Å². The van der Waals surface area contributed by atoms with E-state index in [1.165, 1.54) is 0 Å². The van der Waals surface area contributed by atoms with Crippen LogP contribution in [0.15, 0.2) is 24.3 Å². The number of nitrogens with zero attached hydrogens (tertiary/aromatic N) is 1. The largest absolute Gasteiger partial charge is 0.454 e. The summed E-state index contributed by atoms with van der Waals surface area (Å²) in [6.45, 7) is 4.15. The van der Waals surface area contributed by atoms with Gasteiger partial charge in [0.05, 0.1) is 0 Å². The summed E-state index contributed by atoms with van der Waals surface area (Å²) in [6, 6.07) is 7.33. The fourth-order valence-electron chi connectivity index (χ4n) is 3.07. The Bertz CT molecular complexity index is 630. The number of hydrogen-bond acceptors (Lipinski definition) is 4. The Morgan fingerprint density at radius 2 is 2.08 bits per heavy atom. The zero-order valence-electron chi connectivity index (χ0n) is 14.9. The zero-order valence-corrected chi connectivity index (χ0v) is 14.9. The van der Waals surface area contributed by atoms with E-state index in [-0.39, 0.29) is 31.0 Å². The van der Waals surface area contributed by atoms with Crippen molar-refractivity contribution in [2.75, 3.05) is 19.7 Å². The molecule has 0 bridgehead atoms. The molecule has 0 aliphatic carbocycles. The zero-order chi connectivity index (χ0) is 18.2. The van der Waals surface area contributed by atoms with Crippen LogP contribution < -0.4 is 5.32 Å². The lowest BCUT2D eigenvalue weighted by Crippen LogP contribution is -2.45. The molecule has 1 aliphatic rings. The number of benzene rings is 1. The van der Waals surface area contributed by atoms with Gasteiger partial charge in [-0.1, -0.05) is 24.6 Å². The molecule has 1 saturated heterocycles. The third-order valence-corrected chi connectivity index (χ3v) is 4.45. The Kier molecular flexibility index (Phi) is 6.98. The summed E-state index contributed by atoms with van der Waals surface area (Å²) in [7, 11) is 0. The summed E-state index contributed by atoms with van der Waals surface area (Å²) in [4.78, 5) is 37.8.